The SMILES string of the molecule is CC(Oc1ccc(C(C)(C)C)cc1)C(=O)NC(C)c1ccccc1. The fraction of sp³-hybridized carbons (Fsp3) is 0.381. The van der Waals surface area contributed by atoms with E-state index in [9.17, 15) is 4.79 Å². The molecule has 1 N–H and O–H groups in total. The molecule has 24 heavy (non-hydrogen) atoms. The highest BCUT2D eigenvalue weighted by Gasteiger charge is 2.18. The third-order valence-corrected chi connectivity index (χ3v) is 4.06. The third kappa shape index (κ3) is 4.85. The molecular weight excluding hydrogens is 298 g/mol. The molecule has 0 aromatic heterocycles. The predicted octanol–water partition coefficient (Wildman–Crippen LogP) is 4.63. The van der Waals surface area contributed by atoms with Crippen molar-refractivity contribution < 1.29 is 9.53 Å². The topological polar surface area (TPSA) is 38.3 Å². The zero-order valence-electron chi connectivity index (χ0n) is 15.2. The summed E-state index contributed by atoms with van der Waals surface area (Å²) >= 11 is 0. The Kier molecular flexibility index (Phi) is 5.66. The molecule has 128 valence electrons. The molecule has 0 fully saturated rings. The van der Waals surface area contributed by atoms with Crippen LogP contribution in [0, 0.1) is 0 Å². The van der Waals surface area contributed by atoms with Gasteiger partial charge in [-0.25, -0.2) is 0 Å². The summed E-state index contributed by atoms with van der Waals surface area (Å²) in [4.78, 5) is 12.3. The molecule has 3 nitrogen and oxygen atoms in total. The smallest absolute Gasteiger partial charge is 0.261 e. The van der Waals surface area contributed by atoms with Crippen LogP contribution in [0.15, 0.2) is 54.6 Å². The molecule has 0 saturated carbocycles. The van der Waals surface area contributed by atoms with Crippen molar-refractivity contribution in [3.05, 3.63) is 65.7 Å². The van der Waals surface area contributed by atoms with E-state index in [1.807, 2.05) is 61.5 Å². The van der Waals surface area contributed by atoms with Gasteiger partial charge >= 0.3 is 0 Å². The summed E-state index contributed by atoms with van der Waals surface area (Å²) < 4.78 is 5.77. The highest BCUT2D eigenvalue weighted by Crippen LogP contribution is 2.24. The van der Waals surface area contributed by atoms with E-state index in [-0.39, 0.29) is 17.4 Å². The van der Waals surface area contributed by atoms with Gasteiger partial charge in [0, 0.05) is 0 Å². The third-order valence-electron chi connectivity index (χ3n) is 4.06. The molecule has 0 aliphatic carbocycles. The van der Waals surface area contributed by atoms with E-state index in [4.69, 9.17) is 4.74 Å². The van der Waals surface area contributed by atoms with Crippen LogP contribution in [0.3, 0.4) is 0 Å². The minimum absolute atomic E-state index is 0.0481. The number of amides is 1. The van der Waals surface area contributed by atoms with Crippen LogP contribution in [0.25, 0.3) is 0 Å². The second-order valence-electron chi connectivity index (χ2n) is 7.18. The van der Waals surface area contributed by atoms with Gasteiger partial charge in [-0.05, 0) is 42.5 Å². The fourth-order valence-corrected chi connectivity index (χ4v) is 2.45. The Balaban J connectivity index is 1.94. The van der Waals surface area contributed by atoms with Crippen LogP contribution in [0.2, 0.25) is 0 Å². The first kappa shape index (κ1) is 18.1. The van der Waals surface area contributed by atoms with Gasteiger partial charge in [-0.15, -0.1) is 0 Å². The molecule has 2 atom stereocenters. The molecule has 1 amide bonds. The number of carbonyl (C=O) groups excluding carboxylic acids is 1. The van der Waals surface area contributed by atoms with E-state index < -0.39 is 6.10 Å². The summed E-state index contributed by atoms with van der Waals surface area (Å²) in [5.41, 5.74) is 2.42. The van der Waals surface area contributed by atoms with Crippen LogP contribution < -0.4 is 10.1 Å². The number of hydrogen-bond acceptors (Lipinski definition) is 2. The number of carbonyl (C=O) groups is 1. The Labute approximate surface area is 145 Å². The second-order valence-corrected chi connectivity index (χ2v) is 7.18. The molecule has 3 heteroatoms. The summed E-state index contributed by atoms with van der Waals surface area (Å²) in [6, 6.07) is 17.8. The van der Waals surface area contributed by atoms with Gasteiger partial charge in [-0.3, -0.25) is 4.79 Å². The van der Waals surface area contributed by atoms with Crippen molar-refractivity contribution in [1.82, 2.24) is 5.32 Å². The lowest BCUT2D eigenvalue weighted by Gasteiger charge is -2.21. The molecule has 0 spiro atoms. The average molecular weight is 325 g/mol. The molecule has 2 aromatic carbocycles. The van der Waals surface area contributed by atoms with Gasteiger partial charge in [0.1, 0.15) is 5.75 Å². The summed E-state index contributed by atoms with van der Waals surface area (Å²) in [6.07, 6.45) is -0.545. The zero-order valence-corrected chi connectivity index (χ0v) is 15.2. The molecule has 0 aliphatic heterocycles. The Bertz CT molecular complexity index is 656. The van der Waals surface area contributed by atoms with Crippen LogP contribution in [0.5, 0.6) is 5.75 Å². The average Bonchev–Trinajstić information content (AvgIpc) is 2.55. The number of ether oxygens (including phenoxy) is 1. The van der Waals surface area contributed by atoms with E-state index in [1.54, 1.807) is 6.92 Å². The molecule has 0 heterocycles. The van der Waals surface area contributed by atoms with E-state index in [2.05, 4.69) is 26.1 Å². The van der Waals surface area contributed by atoms with E-state index in [0.29, 0.717) is 5.75 Å². The minimum atomic E-state index is -0.545. The van der Waals surface area contributed by atoms with E-state index in [1.165, 1.54) is 5.56 Å². The Morgan fingerprint density at radius 1 is 0.958 bits per heavy atom. The van der Waals surface area contributed by atoms with Gasteiger partial charge in [0.05, 0.1) is 6.04 Å². The van der Waals surface area contributed by atoms with Crippen LogP contribution in [0.4, 0.5) is 0 Å². The van der Waals surface area contributed by atoms with Gasteiger partial charge in [-0.1, -0.05) is 63.2 Å². The minimum Gasteiger partial charge on any atom is -0.481 e. The van der Waals surface area contributed by atoms with Gasteiger partial charge in [-0.2, -0.15) is 0 Å². The summed E-state index contributed by atoms with van der Waals surface area (Å²) in [5, 5.41) is 2.99. The predicted molar refractivity (Wildman–Crippen MR) is 98.2 cm³/mol. The monoisotopic (exact) mass is 325 g/mol. The summed E-state index contributed by atoms with van der Waals surface area (Å²) in [5.74, 6) is 0.587. The zero-order chi connectivity index (χ0) is 17.7. The molecule has 2 rings (SSSR count). The molecule has 0 bridgehead atoms. The number of rotatable bonds is 5. The van der Waals surface area contributed by atoms with Crippen LogP contribution in [-0.2, 0) is 10.2 Å². The highest BCUT2D eigenvalue weighted by atomic mass is 16.5. The van der Waals surface area contributed by atoms with Crippen molar-refractivity contribution in [3.8, 4) is 5.75 Å². The van der Waals surface area contributed by atoms with E-state index in [0.717, 1.165) is 5.56 Å². The van der Waals surface area contributed by atoms with Gasteiger partial charge in [0.25, 0.3) is 5.91 Å². The quantitative estimate of drug-likeness (QED) is 0.870. The first-order valence-corrected chi connectivity index (χ1v) is 8.40. The maximum Gasteiger partial charge on any atom is 0.261 e. The highest BCUT2D eigenvalue weighted by molar-refractivity contribution is 5.81. The lowest BCUT2D eigenvalue weighted by molar-refractivity contribution is -0.127. The van der Waals surface area contributed by atoms with Gasteiger partial charge in [0.2, 0.25) is 0 Å². The maximum atomic E-state index is 12.3. The Morgan fingerprint density at radius 2 is 1.54 bits per heavy atom. The Morgan fingerprint density at radius 3 is 2.08 bits per heavy atom. The van der Waals surface area contributed by atoms with Crippen molar-refractivity contribution in [2.24, 2.45) is 0 Å². The molecule has 2 unspecified atom stereocenters. The lowest BCUT2D eigenvalue weighted by Crippen LogP contribution is -2.37. The van der Waals surface area contributed by atoms with Crippen LogP contribution >= 0.6 is 0 Å². The van der Waals surface area contributed by atoms with E-state index >= 15 is 0 Å². The number of benzene rings is 2. The van der Waals surface area contributed by atoms with Gasteiger partial charge < -0.3 is 10.1 Å². The lowest BCUT2D eigenvalue weighted by atomic mass is 9.87. The molecule has 0 aliphatic rings. The first-order valence-electron chi connectivity index (χ1n) is 8.40. The van der Waals surface area contributed by atoms with Crippen molar-refractivity contribution in [2.75, 3.05) is 0 Å². The fourth-order valence-electron chi connectivity index (χ4n) is 2.45. The van der Waals surface area contributed by atoms with Gasteiger partial charge in [0.15, 0.2) is 6.10 Å². The number of nitrogens with one attached hydrogen (secondary N) is 1. The van der Waals surface area contributed by atoms with Crippen molar-refractivity contribution in [3.63, 3.8) is 0 Å². The normalized spacial score (nSPS) is 13.9. The number of hydrogen-bond donors (Lipinski definition) is 1. The Hall–Kier alpha value is -2.29. The maximum absolute atomic E-state index is 12.3. The standard InChI is InChI=1S/C21H27NO2/c1-15(17-9-7-6-8-10-17)22-20(23)16(2)24-19-13-11-18(12-14-19)21(3,4)5/h6-16H,1-5H3,(H,22,23). The van der Waals surface area contributed by atoms with Crippen molar-refractivity contribution in [2.45, 2.75) is 52.2 Å². The summed E-state index contributed by atoms with van der Waals surface area (Å²) in [7, 11) is 0. The van der Waals surface area contributed by atoms with Crippen molar-refractivity contribution in [1.29, 1.82) is 0 Å². The second kappa shape index (κ2) is 7.52. The van der Waals surface area contributed by atoms with Crippen LogP contribution in [0.1, 0.15) is 51.8 Å². The molecule has 0 saturated heterocycles. The van der Waals surface area contributed by atoms with Crippen LogP contribution in [-0.4, -0.2) is 12.0 Å². The first-order chi connectivity index (χ1) is 11.3. The largest absolute Gasteiger partial charge is 0.481 e. The summed E-state index contributed by atoms with van der Waals surface area (Å²) in [6.45, 7) is 10.3. The van der Waals surface area contributed by atoms with Crippen molar-refractivity contribution >= 4 is 5.91 Å². The molecular formula is C21H27NO2. The molecule has 2 aromatic rings. The molecule has 0 radical (unpaired) electrons.